The van der Waals surface area contributed by atoms with E-state index in [0.717, 1.165) is 18.4 Å². The molecule has 20 heavy (non-hydrogen) atoms. The molecule has 5 heteroatoms. The summed E-state index contributed by atoms with van der Waals surface area (Å²) in [7, 11) is 1.51. The van der Waals surface area contributed by atoms with Crippen molar-refractivity contribution in [2.75, 3.05) is 13.7 Å². The average Bonchev–Trinajstić information content (AvgIpc) is 2.33. The number of ether oxygens (including phenoxy) is 2. The van der Waals surface area contributed by atoms with Crippen molar-refractivity contribution in [3.05, 3.63) is 23.8 Å². The third-order valence-electron chi connectivity index (χ3n) is 2.55. The number of carbonyl (C=O) groups is 1. The van der Waals surface area contributed by atoms with Crippen molar-refractivity contribution in [3.63, 3.8) is 0 Å². The van der Waals surface area contributed by atoms with Gasteiger partial charge in [-0.3, -0.25) is 0 Å². The Kier molecular flexibility index (Phi) is 5.67. The van der Waals surface area contributed by atoms with Gasteiger partial charge in [-0.1, -0.05) is 6.07 Å². The van der Waals surface area contributed by atoms with Crippen LogP contribution in [0.15, 0.2) is 18.2 Å². The second-order valence-corrected chi connectivity index (χ2v) is 5.54. The van der Waals surface area contributed by atoms with Gasteiger partial charge in [-0.2, -0.15) is 0 Å². The molecule has 0 radical (unpaired) electrons. The van der Waals surface area contributed by atoms with E-state index in [-0.39, 0.29) is 5.75 Å². The molecule has 5 nitrogen and oxygen atoms in total. The van der Waals surface area contributed by atoms with E-state index < -0.39 is 11.7 Å². The summed E-state index contributed by atoms with van der Waals surface area (Å²) in [5.74, 6) is 0.589. The number of rotatable bonds is 5. The predicted octanol–water partition coefficient (Wildman–Crippen LogP) is 2.86. The van der Waals surface area contributed by atoms with E-state index in [1.807, 2.05) is 26.8 Å². The second kappa shape index (κ2) is 7.03. The zero-order valence-corrected chi connectivity index (χ0v) is 12.5. The monoisotopic (exact) mass is 281 g/mol. The number of aromatic hydroxyl groups is 1. The van der Waals surface area contributed by atoms with Gasteiger partial charge >= 0.3 is 6.09 Å². The molecule has 112 valence electrons. The maximum atomic E-state index is 11.4. The minimum absolute atomic E-state index is 0.130. The maximum Gasteiger partial charge on any atom is 0.407 e. The first-order chi connectivity index (χ1) is 9.31. The highest BCUT2D eigenvalue weighted by Crippen LogP contribution is 2.26. The molecular weight excluding hydrogens is 258 g/mol. The molecule has 2 N–H and O–H groups in total. The molecule has 0 aliphatic rings. The molecule has 0 bridgehead atoms. The number of phenolic OH excluding ortho intramolecular Hbond substituents is 1. The number of hydrogen-bond donors (Lipinski definition) is 2. The minimum Gasteiger partial charge on any atom is -0.504 e. The van der Waals surface area contributed by atoms with Crippen LogP contribution >= 0.6 is 0 Å². The Morgan fingerprint density at radius 2 is 2.05 bits per heavy atom. The molecule has 0 fully saturated rings. The summed E-state index contributed by atoms with van der Waals surface area (Å²) in [6, 6.07) is 5.30. The maximum absolute atomic E-state index is 11.4. The highest BCUT2D eigenvalue weighted by molar-refractivity contribution is 5.67. The van der Waals surface area contributed by atoms with Crippen molar-refractivity contribution in [2.24, 2.45) is 0 Å². The van der Waals surface area contributed by atoms with Crippen LogP contribution in [0.25, 0.3) is 0 Å². The Labute approximate surface area is 119 Å². The molecular formula is C15H23NO4. The van der Waals surface area contributed by atoms with Crippen LogP contribution in [-0.2, 0) is 11.2 Å². The van der Waals surface area contributed by atoms with Gasteiger partial charge in [0.05, 0.1) is 7.11 Å². The lowest BCUT2D eigenvalue weighted by atomic mass is 10.1. The van der Waals surface area contributed by atoms with Gasteiger partial charge in [0.25, 0.3) is 0 Å². The topological polar surface area (TPSA) is 67.8 Å². The summed E-state index contributed by atoms with van der Waals surface area (Å²) in [6.07, 6.45) is 1.12. The molecule has 0 heterocycles. The molecule has 0 aromatic heterocycles. The standard InChI is InChI=1S/C15H23NO4/c1-15(2,3)20-14(18)16-9-5-6-11-7-8-13(19-4)12(17)10-11/h7-8,10,17H,5-6,9H2,1-4H3,(H,16,18). The molecule has 1 aromatic carbocycles. The van der Waals surface area contributed by atoms with Gasteiger partial charge in [0, 0.05) is 6.54 Å². The Hall–Kier alpha value is -1.91. The Bertz CT molecular complexity index is 452. The van der Waals surface area contributed by atoms with E-state index in [2.05, 4.69) is 5.32 Å². The predicted molar refractivity (Wildman–Crippen MR) is 77.2 cm³/mol. The first-order valence-electron chi connectivity index (χ1n) is 6.64. The van der Waals surface area contributed by atoms with E-state index >= 15 is 0 Å². The number of phenols is 1. The molecule has 0 saturated carbocycles. The van der Waals surface area contributed by atoms with Gasteiger partial charge in [-0.25, -0.2) is 4.79 Å². The largest absolute Gasteiger partial charge is 0.504 e. The molecule has 0 saturated heterocycles. The van der Waals surface area contributed by atoms with Crippen LogP contribution in [0, 0.1) is 0 Å². The molecule has 1 rings (SSSR count). The fourth-order valence-electron chi connectivity index (χ4n) is 1.69. The van der Waals surface area contributed by atoms with Crippen LogP contribution in [0.3, 0.4) is 0 Å². The molecule has 1 aromatic rings. The lowest BCUT2D eigenvalue weighted by Crippen LogP contribution is -2.33. The number of nitrogens with one attached hydrogen (secondary N) is 1. The summed E-state index contributed by atoms with van der Waals surface area (Å²) in [4.78, 5) is 11.4. The van der Waals surface area contributed by atoms with E-state index in [0.29, 0.717) is 12.3 Å². The summed E-state index contributed by atoms with van der Waals surface area (Å²) < 4.78 is 10.1. The quantitative estimate of drug-likeness (QED) is 0.814. The summed E-state index contributed by atoms with van der Waals surface area (Å²) in [6.45, 7) is 6.01. The number of carbonyl (C=O) groups excluding carboxylic acids is 1. The Morgan fingerprint density at radius 1 is 1.35 bits per heavy atom. The molecule has 0 aliphatic carbocycles. The van der Waals surface area contributed by atoms with Crippen molar-refractivity contribution in [3.8, 4) is 11.5 Å². The number of alkyl carbamates (subject to hydrolysis) is 1. The third kappa shape index (κ3) is 5.82. The SMILES string of the molecule is COc1ccc(CCCNC(=O)OC(C)(C)C)cc1O. The smallest absolute Gasteiger partial charge is 0.407 e. The molecule has 0 spiro atoms. The Balaban J connectivity index is 2.31. The lowest BCUT2D eigenvalue weighted by molar-refractivity contribution is 0.0527. The highest BCUT2D eigenvalue weighted by Gasteiger charge is 2.15. The van der Waals surface area contributed by atoms with Crippen LogP contribution in [-0.4, -0.2) is 30.5 Å². The molecule has 0 atom stereocenters. The highest BCUT2D eigenvalue weighted by atomic mass is 16.6. The normalized spacial score (nSPS) is 11.0. The summed E-state index contributed by atoms with van der Waals surface area (Å²) in [5, 5.41) is 12.3. The fraction of sp³-hybridized carbons (Fsp3) is 0.533. The van der Waals surface area contributed by atoms with Crippen LogP contribution < -0.4 is 10.1 Å². The minimum atomic E-state index is -0.480. The second-order valence-electron chi connectivity index (χ2n) is 5.54. The van der Waals surface area contributed by atoms with Crippen molar-refractivity contribution < 1.29 is 19.4 Å². The van der Waals surface area contributed by atoms with Gasteiger partial charge in [0.1, 0.15) is 5.60 Å². The van der Waals surface area contributed by atoms with Crippen LogP contribution in [0.1, 0.15) is 32.8 Å². The average molecular weight is 281 g/mol. The van der Waals surface area contributed by atoms with Gasteiger partial charge < -0.3 is 19.9 Å². The number of methoxy groups -OCH3 is 1. The van der Waals surface area contributed by atoms with Gasteiger partial charge in [-0.05, 0) is 51.3 Å². The molecule has 1 amide bonds. The first kappa shape index (κ1) is 16.1. The number of benzene rings is 1. The zero-order valence-electron chi connectivity index (χ0n) is 12.5. The van der Waals surface area contributed by atoms with Crippen LogP contribution in [0.2, 0.25) is 0 Å². The number of aryl methyl sites for hydroxylation is 1. The van der Waals surface area contributed by atoms with E-state index in [1.165, 1.54) is 7.11 Å². The van der Waals surface area contributed by atoms with Gasteiger partial charge in [0.2, 0.25) is 0 Å². The molecule has 0 unspecified atom stereocenters. The summed E-state index contributed by atoms with van der Waals surface area (Å²) in [5.41, 5.74) is 0.514. The van der Waals surface area contributed by atoms with Crippen molar-refractivity contribution >= 4 is 6.09 Å². The van der Waals surface area contributed by atoms with Crippen LogP contribution in [0.5, 0.6) is 11.5 Å². The van der Waals surface area contributed by atoms with Crippen LogP contribution in [0.4, 0.5) is 4.79 Å². The van der Waals surface area contributed by atoms with Crippen molar-refractivity contribution in [2.45, 2.75) is 39.2 Å². The Morgan fingerprint density at radius 3 is 2.60 bits per heavy atom. The van der Waals surface area contributed by atoms with Crippen molar-refractivity contribution in [1.29, 1.82) is 0 Å². The summed E-state index contributed by atoms with van der Waals surface area (Å²) >= 11 is 0. The number of amides is 1. The molecule has 0 aliphatic heterocycles. The zero-order chi connectivity index (χ0) is 15.2. The van der Waals surface area contributed by atoms with Gasteiger partial charge in [0.15, 0.2) is 11.5 Å². The van der Waals surface area contributed by atoms with E-state index in [9.17, 15) is 9.90 Å². The number of hydrogen-bond acceptors (Lipinski definition) is 4. The van der Waals surface area contributed by atoms with E-state index in [4.69, 9.17) is 9.47 Å². The fourth-order valence-corrected chi connectivity index (χ4v) is 1.69. The van der Waals surface area contributed by atoms with Crippen molar-refractivity contribution in [1.82, 2.24) is 5.32 Å². The third-order valence-corrected chi connectivity index (χ3v) is 2.55. The lowest BCUT2D eigenvalue weighted by Gasteiger charge is -2.19. The van der Waals surface area contributed by atoms with E-state index in [1.54, 1.807) is 12.1 Å². The first-order valence-corrected chi connectivity index (χ1v) is 6.64. The van der Waals surface area contributed by atoms with Gasteiger partial charge in [-0.15, -0.1) is 0 Å².